The highest BCUT2D eigenvalue weighted by atomic mass is 32.2. The number of anilines is 2. The minimum absolute atomic E-state index is 0.0357. The number of hydrogen-bond donors (Lipinski definition) is 2. The molecule has 0 unspecified atom stereocenters. The Balaban J connectivity index is 1.72. The molecule has 30 heavy (non-hydrogen) atoms. The van der Waals surface area contributed by atoms with Crippen molar-refractivity contribution >= 4 is 43.6 Å². The van der Waals surface area contributed by atoms with E-state index in [-0.39, 0.29) is 16.5 Å². The largest absolute Gasteiger partial charge is 0.497 e. The standard InChI is InChI=1S/C17H14N6O5S2/c1-28-11-4-2-3-10(7-11)15-9-29-17-20-16(21-22(15)17)19-13-6-5-12(30(18,26)27)8-14(13)23(24)25/h2-9H,1H3,(H,19,21)(H2,18,26,27). The van der Waals surface area contributed by atoms with Crippen LogP contribution in [-0.2, 0) is 10.0 Å². The number of benzene rings is 2. The lowest BCUT2D eigenvalue weighted by Crippen LogP contribution is -2.12. The summed E-state index contributed by atoms with van der Waals surface area (Å²) in [6.45, 7) is 0. The predicted molar refractivity (Wildman–Crippen MR) is 111 cm³/mol. The number of rotatable bonds is 6. The zero-order chi connectivity index (χ0) is 21.5. The molecule has 3 N–H and O–H groups in total. The summed E-state index contributed by atoms with van der Waals surface area (Å²) in [5.74, 6) is 0.813. The van der Waals surface area contributed by atoms with E-state index in [1.54, 1.807) is 11.6 Å². The number of aromatic nitrogens is 3. The summed E-state index contributed by atoms with van der Waals surface area (Å²) in [4.78, 5) is 15.2. The monoisotopic (exact) mass is 446 g/mol. The number of nitro benzene ring substituents is 1. The maximum Gasteiger partial charge on any atom is 0.294 e. The quantitative estimate of drug-likeness (QED) is 0.338. The molecule has 154 valence electrons. The lowest BCUT2D eigenvalue weighted by molar-refractivity contribution is -0.384. The number of nitrogens with one attached hydrogen (secondary N) is 1. The first-order valence-corrected chi connectivity index (χ1v) is 10.8. The van der Waals surface area contributed by atoms with Crippen molar-refractivity contribution in [2.75, 3.05) is 12.4 Å². The van der Waals surface area contributed by atoms with Crippen LogP contribution < -0.4 is 15.2 Å². The molecule has 0 amide bonds. The van der Waals surface area contributed by atoms with Crippen molar-refractivity contribution in [1.29, 1.82) is 0 Å². The number of fused-ring (bicyclic) bond motifs is 1. The fraction of sp³-hybridized carbons (Fsp3) is 0.0588. The summed E-state index contributed by atoms with van der Waals surface area (Å²) in [6.07, 6.45) is 0. The van der Waals surface area contributed by atoms with Gasteiger partial charge in [0.15, 0.2) is 0 Å². The Labute approximate surface area is 173 Å². The number of ether oxygens (including phenoxy) is 1. The summed E-state index contributed by atoms with van der Waals surface area (Å²) < 4.78 is 29.8. The molecule has 0 aliphatic carbocycles. The van der Waals surface area contributed by atoms with Crippen LogP contribution in [-0.4, -0.2) is 35.0 Å². The Morgan fingerprint density at radius 1 is 1.27 bits per heavy atom. The van der Waals surface area contributed by atoms with Gasteiger partial charge in [-0.1, -0.05) is 12.1 Å². The lowest BCUT2D eigenvalue weighted by Gasteiger charge is -2.05. The van der Waals surface area contributed by atoms with Gasteiger partial charge in [-0.15, -0.1) is 16.4 Å². The van der Waals surface area contributed by atoms with E-state index in [4.69, 9.17) is 9.88 Å². The van der Waals surface area contributed by atoms with Crippen molar-refractivity contribution < 1.29 is 18.1 Å². The number of hydrogen-bond acceptors (Lipinski definition) is 9. The second-order valence-electron chi connectivity index (χ2n) is 6.09. The molecule has 2 aromatic heterocycles. The molecular weight excluding hydrogens is 432 g/mol. The van der Waals surface area contributed by atoms with Gasteiger partial charge in [0, 0.05) is 17.0 Å². The third-order valence-electron chi connectivity index (χ3n) is 4.19. The highest BCUT2D eigenvalue weighted by Crippen LogP contribution is 2.31. The Kier molecular flexibility index (Phi) is 4.85. The molecule has 0 aliphatic rings. The van der Waals surface area contributed by atoms with E-state index < -0.39 is 20.6 Å². The average molecular weight is 446 g/mol. The van der Waals surface area contributed by atoms with Gasteiger partial charge in [0.2, 0.25) is 20.9 Å². The second-order valence-corrected chi connectivity index (χ2v) is 8.49. The van der Waals surface area contributed by atoms with Gasteiger partial charge in [0.1, 0.15) is 11.4 Å². The van der Waals surface area contributed by atoms with Crippen LogP contribution in [0, 0.1) is 10.1 Å². The van der Waals surface area contributed by atoms with Gasteiger partial charge < -0.3 is 10.1 Å². The second kappa shape index (κ2) is 7.37. The fourth-order valence-corrected chi connectivity index (χ4v) is 4.15. The summed E-state index contributed by atoms with van der Waals surface area (Å²) in [5.41, 5.74) is 1.20. The number of primary sulfonamides is 1. The zero-order valence-electron chi connectivity index (χ0n) is 15.3. The molecule has 4 rings (SSSR count). The van der Waals surface area contributed by atoms with E-state index in [1.165, 1.54) is 23.5 Å². The van der Waals surface area contributed by atoms with Crippen molar-refractivity contribution in [2.45, 2.75) is 4.90 Å². The fourth-order valence-electron chi connectivity index (χ4n) is 2.78. The van der Waals surface area contributed by atoms with Crippen LogP contribution in [0.5, 0.6) is 5.75 Å². The highest BCUT2D eigenvalue weighted by molar-refractivity contribution is 7.89. The summed E-state index contributed by atoms with van der Waals surface area (Å²) in [6, 6.07) is 10.7. The van der Waals surface area contributed by atoms with Gasteiger partial charge in [0.25, 0.3) is 5.69 Å². The van der Waals surface area contributed by atoms with Gasteiger partial charge in [-0.05, 0) is 24.3 Å². The highest BCUT2D eigenvalue weighted by Gasteiger charge is 2.21. The number of nitrogens with zero attached hydrogens (tertiary/aromatic N) is 4. The minimum atomic E-state index is -4.08. The zero-order valence-corrected chi connectivity index (χ0v) is 17.0. The molecule has 0 bridgehead atoms. The minimum Gasteiger partial charge on any atom is -0.497 e. The molecule has 0 spiro atoms. The molecule has 11 nitrogen and oxygen atoms in total. The lowest BCUT2D eigenvalue weighted by atomic mass is 10.2. The number of thiazole rings is 1. The van der Waals surface area contributed by atoms with E-state index in [2.05, 4.69) is 15.4 Å². The van der Waals surface area contributed by atoms with Crippen LogP contribution in [0.3, 0.4) is 0 Å². The van der Waals surface area contributed by atoms with E-state index in [1.807, 2.05) is 29.6 Å². The summed E-state index contributed by atoms with van der Waals surface area (Å²) in [5, 5.41) is 25.5. The van der Waals surface area contributed by atoms with Crippen molar-refractivity contribution in [3.63, 3.8) is 0 Å². The Hall–Kier alpha value is -3.55. The molecule has 2 aromatic carbocycles. The molecular formula is C17H14N6O5S2. The average Bonchev–Trinajstić information content (AvgIpc) is 3.27. The van der Waals surface area contributed by atoms with Crippen molar-refractivity contribution in [2.24, 2.45) is 5.14 Å². The normalized spacial score (nSPS) is 11.5. The van der Waals surface area contributed by atoms with Crippen LogP contribution in [0.25, 0.3) is 16.2 Å². The molecule has 4 aromatic rings. The maximum absolute atomic E-state index is 11.5. The Bertz CT molecular complexity index is 1380. The van der Waals surface area contributed by atoms with Crippen molar-refractivity contribution in [1.82, 2.24) is 14.6 Å². The van der Waals surface area contributed by atoms with Gasteiger partial charge in [0.05, 0.1) is 22.6 Å². The first-order valence-electron chi connectivity index (χ1n) is 8.33. The third-order valence-corrected chi connectivity index (χ3v) is 5.92. The first kappa shape index (κ1) is 19.8. The Morgan fingerprint density at radius 2 is 2.07 bits per heavy atom. The van der Waals surface area contributed by atoms with Gasteiger partial charge in [-0.2, -0.15) is 4.98 Å². The van der Waals surface area contributed by atoms with Crippen molar-refractivity contribution in [3.8, 4) is 17.0 Å². The predicted octanol–water partition coefficient (Wildman–Crippen LogP) is 2.77. The number of nitro groups is 1. The first-order chi connectivity index (χ1) is 14.3. The SMILES string of the molecule is COc1cccc(-c2csc3nc(Nc4ccc(S(N)(=O)=O)cc4[N+](=O)[O-])nn23)c1. The summed E-state index contributed by atoms with van der Waals surface area (Å²) >= 11 is 1.35. The topological polar surface area (TPSA) is 155 Å². The van der Waals surface area contributed by atoms with Gasteiger partial charge >= 0.3 is 0 Å². The van der Waals surface area contributed by atoms with Crippen LogP contribution in [0.2, 0.25) is 0 Å². The molecule has 0 saturated heterocycles. The number of nitrogens with two attached hydrogens (primary N) is 1. The van der Waals surface area contributed by atoms with Gasteiger partial charge in [-0.25, -0.2) is 18.1 Å². The number of methoxy groups -OCH3 is 1. The van der Waals surface area contributed by atoms with E-state index in [0.717, 1.165) is 17.3 Å². The maximum atomic E-state index is 11.5. The van der Waals surface area contributed by atoms with Crippen LogP contribution >= 0.6 is 11.3 Å². The van der Waals surface area contributed by atoms with Crippen LogP contribution in [0.1, 0.15) is 0 Å². The van der Waals surface area contributed by atoms with Crippen LogP contribution in [0.15, 0.2) is 52.7 Å². The molecule has 13 heteroatoms. The van der Waals surface area contributed by atoms with Gasteiger partial charge in [-0.3, -0.25) is 10.1 Å². The molecule has 2 heterocycles. The van der Waals surface area contributed by atoms with E-state index in [0.29, 0.717) is 10.7 Å². The molecule has 0 radical (unpaired) electrons. The molecule has 0 atom stereocenters. The van der Waals surface area contributed by atoms with E-state index >= 15 is 0 Å². The number of sulfonamides is 1. The third kappa shape index (κ3) is 3.68. The molecule has 0 fully saturated rings. The molecule has 0 saturated carbocycles. The smallest absolute Gasteiger partial charge is 0.294 e. The van der Waals surface area contributed by atoms with E-state index in [9.17, 15) is 18.5 Å². The van der Waals surface area contributed by atoms with Crippen molar-refractivity contribution in [3.05, 3.63) is 58.0 Å². The summed E-state index contributed by atoms with van der Waals surface area (Å²) in [7, 11) is -2.50. The Morgan fingerprint density at radius 3 is 2.77 bits per heavy atom. The molecule has 0 aliphatic heterocycles. The van der Waals surface area contributed by atoms with Crippen LogP contribution in [0.4, 0.5) is 17.3 Å².